The number of halogens is 2. The average molecular weight is 449 g/mol. The van der Waals surface area contributed by atoms with E-state index in [1.54, 1.807) is 12.1 Å². The van der Waals surface area contributed by atoms with Crippen LogP contribution in [0.15, 0.2) is 42.5 Å². The Hall–Kier alpha value is -2.42. The van der Waals surface area contributed by atoms with Gasteiger partial charge in [0.15, 0.2) is 5.01 Å². The van der Waals surface area contributed by atoms with Gasteiger partial charge in [-0.1, -0.05) is 29.0 Å². The van der Waals surface area contributed by atoms with Crippen LogP contribution < -0.4 is 20.1 Å². The van der Waals surface area contributed by atoms with E-state index in [2.05, 4.69) is 20.8 Å². The molecule has 6 nitrogen and oxygen atoms in total. The van der Waals surface area contributed by atoms with E-state index in [0.29, 0.717) is 22.4 Å². The lowest BCUT2D eigenvalue weighted by Gasteiger charge is -2.24. The summed E-state index contributed by atoms with van der Waals surface area (Å²) >= 11 is 7.82. The zero-order chi connectivity index (χ0) is 20.8. The molecule has 30 heavy (non-hydrogen) atoms. The SMILES string of the molecule is Fc1ccc(OCc2nnc(NCc3ccc(OC4CCNCC4)c(Cl)c3)s2)cc1. The molecule has 4 rings (SSSR count). The molecule has 1 fully saturated rings. The molecular formula is C21H22ClFN4O2S. The summed E-state index contributed by atoms with van der Waals surface area (Å²) in [6, 6.07) is 11.7. The smallest absolute Gasteiger partial charge is 0.206 e. The molecule has 0 radical (unpaired) electrons. The van der Waals surface area contributed by atoms with Gasteiger partial charge in [-0.25, -0.2) is 4.39 Å². The monoisotopic (exact) mass is 448 g/mol. The molecule has 0 atom stereocenters. The minimum Gasteiger partial charge on any atom is -0.489 e. The number of ether oxygens (including phenoxy) is 2. The van der Waals surface area contributed by atoms with Gasteiger partial charge in [-0.15, -0.1) is 10.2 Å². The van der Waals surface area contributed by atoms with E-state index in [4.69, 9.17) is 21.1 Å². The molecule has 9 heteroatoms. The van der Waals surface area contributed by atoms with Gasteiger partial charge in [0, 0.05) is 6.54 Å². The van der Waals surface area contributed by atoms with Crippen molar-refractivity contribution in [3.05, 3.63) is 63.9 Å². The van der Waals surface area contributed by atoms with E-state index in [9.17, 15) is 4.39 Å². The van der Waals surface area contributed by atoms with Crippen LogP contribution in [0, 0.1) is 5.82 Å². The molecule has 1 aliphatic rings. The van der Waals surface area contributed by atoms with Crippen molar-refractivity contribution in [2.75, 3.05) is 18.4 Å². The van der Waals surface area contributed by atoms with Gasteiger partial charge in [0.05, 0.1) is 5.02 Å². The van der Waals surface area contributed by atoms with Gasteiger partial charge in [0.1, 0.15) is 30.0 Å². The van der Waals surface area contributed by atoms with Crippen LogP contribution in [0.1, 0.15) is 23.4 Å². The van der Waals surface area contributed by atoms with Gasteiger partial charge >= 0.3 is 0 Å². The van der Waals surface area contributed by atoms with Crippen LogP contribution in [0.4, 0.5) is 9.52 Å². The van der Waals surface area contributed by atoms with E-state index in [1.807, 2.05) is 18.2 Å². The topological polar surface area (TPSA) is 68.3 Å². The van der Waals surface area contributed by atoms with Gasteiger partial charge in [-0.05, 0) is 67.9 Å². The molecule has 0 amide bonds. The van der Waals surface area contributed by atoms with Crippen LogP contribution in [-0.2, 0) is 13.2 Å². The Morgan fingerprint density at radius 2 is 1.93 bits per heavy atom. The van der Waals surface area contributed by atoms with Crippen molar-refractivity contribution in [1.82, 2.24) is 15.5 Å². The van der Waals surface area contributed by atoms with Crippen LogP contribution >= 0.6 is 22.9 Å². The van der Waals surface area contributed by atoms with E-state index < -0.39 is 0 Å². The van der Waals surface area contributed by atoms with Crippen molar-refractivity contribution in [2.45, 2.75) is 32.1 Å². The number of piperidine rings is 1. The molecule has 1 aliphatic heterocycles. The third kappa shape index (κ3) is 5.81. The summed E-state index contributed by atoms with van der Waals surface area (Å²) in [6.07, 6.45) is 2.19. The Morgan fingerprint density at radius 1 is 1.13 bits per heavy atom. The molecule has 0 aliphatic carbocycles. The number of benzene rings is 2. The first-order chi connectivity index (χ1) is 14.7. The number of hydrogen-bond acceptors (Lipinski definition) is 7. The predicted molar refractivity (Wildman–Crippen MR) is 116 cm³/mol. The van der Waals surface area contributed by atoms with Crippen LogP contribution in [0.5, 0.6) is 11.5 Å². The van der Waals surface area contributed by atoms with Gasteiger partial charge in [0.2, 0.25) is 5.13 Å². The lowest BCUT2D eigenvalue weighted by atomic mass is 10.1. The fourth-order valence-corrected chi connectivity index (χ4v) is 3.98. The first kappa shape index (κ1) is 20.8. The number of nitrogens with one attached hydrogen (secondary N) is 2. The Balaban J connectivity index is 1.27. The number of anilines is 1. The first-order valence-corrected chi connectivity index (χ1v) is 11.0. The van der Waals surface area contributed by atoms with Crippen molar-refractivity contribution >= 4 is 28.1 Å². The van der Waals surface area contributed by atoms with Crippen molar-refractivity contribution in [3.63, 3.8) is 0 Å². The Kier molecular flexibility index (Phi) is 6.99. The minimum absolute atomic E-state index is 0.213. The molecule has 1 aromatic heterocycles. The maximum absolute atomic E-state index is 12.9. The lowest BCUT2D eigenvalue weighted by Crippen LogP contribution is -2.34. The second-order valence-corrected chi connectivity index (χ2v) is 8.40. The van der Waals surface area contributed by atoms with E-state index in [-0.39, 0.29) is 18.5 Å². The van der Waals surface area contributed by atoms with Crippen molar-refractivity contribution < 1.29 is 13.9 Å². The van der Waals surface area contributed by atoms with Crippen LogP contribution in [0.3, 0.4) is 0 Å². The second-order valence-electron chi connectivity index (χ2n) is 6.93. The Morgan fingerprint density at radius 3 is 2.70 bits per heavy atom. The van der Waals surface area contributed by atoms with Crippen LogP contribution in [0.25, 0.3) is 0 Å². The summed E-state index contributed by atoms with van der Waals surface area (Å²) in [5.74, 6) is 1.02. The minimum atomic E-state index is -0.296. The largest absolute Gasteiger partial charge is 0.489 e. The third-order valence-electron chi connectivity index (χ3n) is 4.66. The highest BCUT2D eigenvalue weighted by Crippen LogP contribution is 2.28. The molecule has 1 saturated heterocycles. The molecule has 2 aromatic carbocycles. The highest BCUT2D eigenvalue weighted by Gasteiger charge is 2.16. The molecule has 3 aromatic rings. The van der Waals surface area contributed by atoms with Crippen molar-refractivity contribution in [1.29, 1.82) is 0 Å². The van der Waals surface area contributed by atoms with Crippen LogP contribution in [-0.4, -0.2) is 29.4 Å². The summed E-state index contributed by atoms with van der Waals surface area (Å²) in [6.45, 7) is 2.80. The van der Waals surface area contributed by atoms with Crippen molar-refractivity contribution in [2.24, 2.45) is 0 Å². The average Bonchev–Trinajstić information content (AvgIpc) is 3.22. The van der Waals surface area contributed by atoms with Crippen molar-refractivity contribution in [3.8, 4) is 11.5 Å². The summed E-state index contributed by atoms with van der Waals surface area (Å²) in [4.78, 5) is 0. The summed E-state index contributed by atoms with van der Waals surface area (Å²) < 4.78 is 24.6. The predicted octanol–water partition coefficient (Wildman–Crippen LogP) is 4.65. The Bertz CT molecular complexity index is 964. The maximum Gasteiger partial charge on any atom is 0.206 e. The number of hydrogen-bond donors (Lipinski definition) is 2. The van der Waals surface area contributed by atoms with Crippen LogP contribution in [0.2, 0.25) is 5.02 Å². The molecular weight excluding hydrogens is 427 g/mol. The first-order valence-electron chi connectivity index (χ1n) is 9.76. The van der Waals surface area contributed by atoms with Gasteiger partial charge < -0.3 is 20.1 Å². The molecule has 0 spiro atoms. The van der Waals surface area contributed by atoms with E-state index >= 15 is 0 Å². The summed E-state index contributed by atoms with van der Waals surface area (Å²) in [5.41, 5.74) is 1.02. The fourth-order valence-electron chi connectivity index (χ4n) is 3.08. The summed E-state index contributed by atoms with van der Waals surface area (Å²) in [7, 11) is 0. The molecule has 0 saturated carbocycles. The zero-order valence-corrected chi connectivity index (χ0v) is 17.8. The zero-order valence-electron chi connectivity index (χ0n) is 16.2. The highest BCUT2D eigenvalue weighted by molar-refractivity contribution is 7.15. The second kappa shape index (κ2) is 10.1. The molecule has 158 valence electrons. The van der Waals surface area contributed by atoms with E-state index in [1.165, 1.54) is 23.5 Å². The maximum atomic E-state index is 12.9. The highest BCUT2D eigenvalue weighted by atomic mass is 35.5. The Labute approximate surface area is 183 Å². The standard InChI is InChI=1S/C21H22ClFN4O2S/c22-18-11-14(1-6-19(18)29-17-7-9-24-10-8-17)12-25-21-27-26-20(30-21)13-28-16-4-2-15(23)3-5-16/h1-6,11,17,24H,7-10,12-13H2,(H,25,27). The fraction of sp³-hybridized carbons (Fsp3) is 0.333. The van der Waals surface area contributed by atoms with Gasteiger partial charge in [-0.3, -0.25) is 0 Å². The van der Waals surface area contributed by atoms with Gasteiger partial charge in [-0.2, -0.15) is 0 Å². The quantitative estimate of drug-likeness (QED) is 0.522. The summed E-state index contributed by atoms with van der Waals surface area (Å²) in [5, 5.41) is 16.8. The normalized spacial score (nSPS) is 14.5. The third-order valence-corrected chi connectivity index (χ3v) is 5.81. The molecule has 0 bridgehead atoms. The number of rotatable bonds is 8. The molecule has 0 unspecified atom stereocenters. The lowest BCUT2D eigenvalue weighted by molar-refractivity contribution is 0.162. The molecule has 2 N–H and O–H groups in total. The molecule has 2 heterocycles. The number of aromatic nitrogens is 2. The van der Waals surface area contributed by atoms with Gasteiger partial charge in [0.25, 0.3) is 0 Å². The number of nitrogens with zero attached hydrogens (tertiary/aromatic N) is 2. The van der Waals surface area contributed by atoms with E-state index in [0.717, 1.165) is 42.3 Å².